The summed E-state index contributed by atoms with van der Waals surface area (Å²) in [4.78, 5) is 34.2. The van der Waals surface area contributed by atoms with Crippen molar-refractivity contribution in [3.8, 4) is 16.9 Å². The number of carbonyl (C=O) groups excluding carboxylic acids is 2. The maximum atomic E-state index is 11.8. The minimum atomic E-state index is -1.43. The molecule has 9 nitrogen and oxygen atoms in total. The Kier molecular flexibility index (Phi) is 10.0. The van der Waals surface area contributed by atoms with Gasteiger partial charge in [0, 0.05) is 11.6 Å². The van der Waals surface area contributed by atoms with Crippen LogP contribution in [-0.4, -0.2) is 55.5 Å². The molecule has 192 valence electrons. The first-order chi connectivity index (χ1) is 17.4. The first-order valence-corrected chi connectivity index (χ1v) is 11.7. The number of rotatable bonds is 13. The fourth-order valence-electron chi connectivity index (χ4n) is 3.64. The van der Waals surface area contributed by atoms with E-state index in [4.69, 9.17) is 18.9 Å². The Morgan fingerprint density at radius 2 is 1.47 bits per heavy atom. The summed E-state index contributed by atoms with van der Waals surface area (Å²) < 4.78 is 26.3. The molecule has 1 aliphatic heterocycles. The fraction of sp³-hybridized carbons (Fsp3) is 0.370. The molecule has 2 aromatic rings. The maximum absolute atomic E-state index is 11.8. The Balaban J connectivity index is 1.45. The van der Waals surface area contributed by atoms with Crippen molar-refractivity contribution in [1.82, 2.24) is 0 Å². The Labute approximate surface area is 209 Å². The molecule has 1 unspecified atom stereocenters. The van der Waals surface area contributed by atoms with Gasteiger partial charge in [-0.25, -0.2) is 14.4 Å². The zero-order valence-corrected chi connectivity index (χ0v) is 20.1. The molecule has 1 fully saturated rings. The molecule has 0 bridgehead atoms. The lowest BCUT2D eigenvalue weighted by Crippen LogP contribution is -2.37. The summed E-state index contributed by atoms with van der Waals surface area (Å²) in [5.41, 5.74) is 2.52. The zero-order chi connectivity index (χ0) is 25.9. The van der Waals surface area contributed by atoms with Crippen LogP contribution in [0.15, 0.2) is 61.2 Å². The van der Waals surface area contributed by atoms with Gasteiger partial charge in [-0.2, -0.15) is 0 Å². The van der Waals surface area contributed by atoms with Crippen LogP contribution < -0.4 is 4.74 Å². The van der Waals surface area contributed by atoms with E-state index in [1.165, 1.54) is 0 Å². The van der Waals surface area contributed by atoms with E-state index in [1.807, 2.05) is 36.4 Å². The summed E-state index contributed by atoms with van der Waals surface area (Å²) in [7, 11) is 1.16. The number of hydrogen-bond acceptors (Lipinski definition) is 8. The lowest BCUT2D eigenvalue weighted by atomic mass is 10.0. The van der Waals surface area contributed by atoms with Crippen LogP contribution in [0.3, 0.4) is 0 Å². The van der Waals surface area contributed by atoms with E-state index in [2.05, 4.69) is 11.3 Å². The second-order valence-electron chi connectivity index (χ2n) is 8.09. The number of esters is 2. The first kappa shape index (κ1) is 26.9. The van der Waals surface area contributed by atoms with Crippen LogP contribution in [-0.2, 0) is 33.3 Å². The number of aliphatic carboxylic acids is 1. The lowest BCUT2D eigenvalue weighted by Gasteiger charge is -2.11. The van der Waals surface area contributed by atoms with Crippen molar-refractivity contribution in [3.05, 3.63) is 66.7 Å². The predicted octanol–water partition coefficient (Wildman–Crippen LogP) is 4.06. The summed E-state index contributed by atoms with van der Waals surface area (Å²) >= 11 is 0. The van der Waals surface area contributed by atoms with Crippen LogP contribution in [0.25, 0.3) is 11.1 Å². The van der Waals surface area contributed by atoms with Gasteiger partial charge in [0.1, 0.15) is 5.75 Å². The van der Waals surface area contributed by atoms with Gasteiger partial charge in [0.15, 0.2) is 18.5 Å². The molecule has 0 amide bonds. The molecule has 2 aromatic carbocycles. The Morgan fingerprint density at radius 1 is 0.889 bits per heavy atom. The second-order valence-corrected chi connectivity index (χ2v) is 8.09. The molecule has 0 aromatic heterocycles. The molecule has 0 radical (unpaired) electrons. The highest BCUT2D eigenvalue weighted by molar-refractivity contribution is 5.85. The number of methoxy groups -OCH3 is 1. The van der Waals surface area contributed by atoms with Gasteiger partial charge in [0.05, 0.1) is 20.3 Å². The van der Waals surface area contributed by atoms with Crippen molar-refractivity contribution in [2.75, 3.05) is 20.3 Å². The Morgan fingerprint density at radius 3 is 2.06 bits per heavy atom. The zero-order valence-electron chi connectivity index (χ0n) is 20.1. The van der Waals surface area contributed by atoms with Crippen molar-refractivity contribution >= 4 is 17.9 Å². The highest BCUT2D eigenvalue weighted by atomic mass is 16.7. The highest BCUT2D eigenvalue weighted by Crippen LogP contribution is 2.33. The van der Waals surface area contributed by atoms with Gasteiger partial charge in [-0.05, 0) is 48.9 Å². The third-order valence-electron chi connectivity index (χ3n) is 5.58. The average molecular weight is 499 g/mol. The maximum Gasteiger partial charge on any atom is 0.338 e. The van der Waals surface area contributed by atoms with Crippen LogP contribution >= 0.6 is 0 Å². The summed E-state index contributed by atoms with van der Waals surface area (Å²) in [5, 5.41) is 9.30. The monoisotopic (exact) mass is 498 g/mol. The van der Waals surface area contributed by atoms with E-state index in [0.717, 1.165) is 55.7 Å². The molecule has 3 atom stereocenters. The van der Waals surface area contributed by atoms with Crippen LogP contribution in [0.4, 0.5) is 0 Å². The lowest BCUT2D eigenvalue weighted by molar-refractivity contribution is -0.158. The number of carboxylic acid groups (broad SMARTS) is 1. The molecule has 1 heterocycles. The third-order valence-corrected chi connectivity index (χ3v) is 5.58. The SMILES string of the molecule is C=CC(=O)OCCCCCCOc1ccc(-c2ccc(C3O[C@@H](C(=O)O)[C@H](C(=O)OC)O3)cc2)cc1. The topological polar surface area (TPSA) is 118 Å². The van der Waals surface area contributed by atoms with Crippen LogP contribution in [0, 0.1) is 0 Å². The van der Waals surface area contributed by atoms with E-state index in [0.29, 0.717) is 18.8 Å². The van der Waals surface area contributed by atoms with Gasteiger partial charge in [-0.1, -0.05) is 43.0 Å². The molecular weight excluding hydrogens is 468 g/mol. The smallest absolute Gasteiger partial charge is 0.338 e. The molecule has 36 heavy (non-hydrogen) atoms. The van der Waals surface area contributed by atoms with Gasteiger partial charge in [0.2, 0.25) is 0 Å². The quantitative estimate of drug-likeness (QED) is 0.248. The Hall–Kier alpha value is -3.69. The van der Waals surface area contributed by atoms with Crippen molar-refractivity contribution in [3.63, 3.8) is 0 Å². The molecule has 1 N–H and O–H groups in total. The van der Waals surface area contributed by atoms with Crippen LogP contribution in [0.2, 0.25) is 0 Å². The largest absolute Gasteiger partial charge is 0.494 e. The third kappa shape index (κ3) is 7.40. The first-order valence-electron chi connectivity index (χ1n) is 11.7. The molecular formula is C27H30O9. The van der Waals surface area contributed by atoms with Gasteiger partial charge in [-0.3, -0.25) is 0 Å². The summed E-state index contributed by atoms with van der Waals surface area (Å²) in [6, 6.07) is 15.0. The molecule has 9 heteroatoms. The molecule has 0 aliphatic carbocycles. The summed E-state index contributed by atoms with van der Waals surface area (Å²) in [6.07, 6.45) is 1.08. The predicted molar refractivity (Wildman–Crippen MR) is 129 cm³/mol. The van der Waals surface area contributed by atoms with Crippen molar-refractivity contribution in [2.45, 2.75) is 44.2 Å². The van der Waals surface area contributed by atoms with Crippen molar-refractivity contribution in [1.29, 1.82) is 0 Å². The minimum absolute atomic E-state index is 0.391. The normalized spacial score (nSPS) is 18.9. The number of unbranched alkanes of at least 4 members (excludes halogenated alkanes) is 3. The number of carboxylic acids is 1. The van der Waals surface area contributed by atoms with Crippen molar-refractivity contribution < 1.29 is 43.2 Å². The summed E-state index contributed by atoms with van der Waals surface area (Å²) in [6.45, 7) is 4.37. The van der Waals surface area contributed by atoms with E-state index < -0.39 is 36.4 Å². The second kappa shape index (κ2) is 13.4. The Bertz CT molecular complexity index is 1030. The molecule has 1 saturated heterocycles. The van der Waals surface area contributed by atoms with Gasteiger partial charge >= 0.3 is 17.9 Å². The molecule has 1 aliphatic rings. The van der Waals surface area contributed by atoms with E-state index >= 15 is 0 Å². The number of benzene rings is 2. The highest BCUT2D eigenvalue weighted by Gasteiger charge is 2.46. The molecule has 0 saturated carbocycles. The van der Waals surface area contributed by atoms with Gasteiger partial charge in [0.25, 0.3) is 0 Å². The molecule has 3 rings (SSSR count). The standard InChI is InChI=1S/C27H30O9/c1-3-22(28)34-17-7-5-4-6-16-33-21-14-12-19(13-15-21)18-8-10-20(11-9-18)27-35-23(25(29)30)24(36-27)26(31)32-2/h3,8-15,23-24,27H,1,4-7,16-17H2,2H3,(H,29,30)/t23-,24-,27?/m1/s1. The minimum Gasteiger partial charge on any atom is -0.494 e. The molecule has 0 spiro atoms. The number of hydrogen-bond donors (Lipinski definition) is 1. The van der Waals surface area contributed by atoms with Crippen LogP contribution in [0.1, 0.15) is 37.5 Å². The summed E-state index contributed by atoms with van der Waals surface area (Å²) in [5.74, 6) is -1.71. The number of carbonyl (C=O) groups is 3. The van der Waals surface area contributed by atoms with E-state index in [-0.39, 0.29) is 0 Å². The number of ether oxygens (including phenoxy) is 5. The van der Waals surface area contributed by atoms with E-state index in [1.54, 1.807) is 12.1 Å². The van der Waals surface area contributed by atoms with E-state index in [9.17, 15) is 19.5 Å². The van der Waals surface area contributed by atoms with Crippen LogP contribution in [0.5, 0.6) is 5.75 Å². The average Bonchev–Trinajstić information content (AvgIpc) is 3.36. The van der Waals surface area contributed by atoms with Gasteiger partial charge < -0.3 is 28.8 Å². The van der Waals surface area contributed by atoms with Crippen molar-refractivity contribution in [2.24, 2.45) is 0 Å². The fourth-order valence-corrected chi connectivity index (χ4v) is 3.64. The van der Waals surface area contributed by atoms with Gasteiger partial charge in [-0.15, -0.1) is 0 Å².